The Balaban J connectivity index is 0. The highest BCUT2D eigenvalue weighted by molar-refractivity contribution is 7.75. The number of hydrogen-bond acceptors (Lipinski definition) is 0. The van der Waals surface area contributed by atoms with Crippen molar-refractivity contribution in [3.05, 3.63) is 0 Å². The minimum atomic E-state index is -0.737. The largest absolute Gasteiger partial charge is 1.00 e. The molecule has 0 heterocycles. The van der Waals surface area contributed by atoms with Crippen LogP contribution in [-0.2, 0) is 0 Å². The molecule has 38 heavy (non-hydrogen) atoms. The van der Waals surface area contributed by atoms with Crippen LogP contribution in [0.15, 0.2) is 0 Å². The summed E-state index contributed by atoms with van der Waals surface area (Å²) in [6.07, 6.45) is 48.2. The second-order valence-electron chi connectivity index (χ2n) is 12.7. The van der Waals surface area contributed by atoms with Gasteiger partial charge in [-0.05, 0) is 51.4 Å². The smallest absolute Gasteiger partial charge is 0.0594 e. The van der Waals surface area contributed by atoms with Crippen molar-refractivity contribution in [3.8, 4) is 0 Å². The summed E-state index contributed by atoms with van der Waals surface area (Å²) in [4.78, 5) is 0. The lowest BCUT2D eigenvalue weighted by Gasteiger charge is -2.28. The molecule has 0 fully saturated rings. The van der Waals surface area contributed by atoms with E-state index in [2.05, 4.69) is 27.7 Å². The molecule has 0 atom stereocenters. The molecule has 232 valence electrons. The molecule has 0 amide bonds. The Morgan fingerprint density at radius 1 is 0.237 bits per heavy atom. The van der Waals surface area contributed by atoms with Crippen LogP contribution >= 0.6 is 7.26 Å². The molecule has 0 rings (SSSR count). The maximum atomic E-state index is 2.35. The summed E-state index contributed by atoms with van der Waals surface area (Å²) in [5.41, 5.74) is 0. The van der Waals surface area contributed by atoms with Crippen molar-refractivity contribution in [2.45, 2.75) is 207 Å². The zero-order valence-electron chi connectivity index (χ0n) is 27.5. The fraction of sp³-hybridized carbons (Fsp3) is 1.00. The standard InChI is InChI=1S/C36H76P.BrH/c1-5-9-13-17-21-22-23-24-28-32-36-37(33-29-25-18-14-10-6-2,34-30-26-19-15-11-7-3)35-31-27-20-16-12-8-4;/h5-36H2,1-4H3;1H/q+1;/p-1. The summed E-state index contributed by atoms with van der Waals surface area (Å²) in [5, 5.41) is 0. The van der Waals surface area contributed by atoms with Crippen molar-refractivity contribution in [2.75, 3.05) is 24.6 Å². The molecule has 0 nitrogen and oxygen atoms in total. The molecule has 0 radical (unpaired) electrons. The maximum absolute atomic E-state index is 2.35. The Hall–Kier alpha value is 0.910. The molecule has 0 unspecified atom stereocenters. The van der Waals surface area contributed by atoms with Gasteiger partial charge in [-0.15, -0.1) is 0 Å². The van der Waals surface area contributed by atoms with Gasteiger partial charge in [-0.3, -0.25) is 0 Å². The highest BCUT2D eigenvalue weighted by atomic mass is 79.9. The van der Waals surface area contributed by atoms with Gasteiger partial charge in [0.05, 0.1) is 24.6 Å². The van der Waals surface area contributed by atoms with Crippen molar-refractivity contribution in [1.29, 1.82) is 0 Å². The molecule has 0 bridgehead atoms. The van der Waals surface area contributed by atoms with Crippen molar-refractivity contribution < 1.29 is 17.0 Å². The van der Waals surface area contributed by atoms with Gasteiger partial charge < -0.3 is 17.0 Å². The van der Waals surface area contributed by atoms with Gasteiger partial charge in [0.25, 0.3) is 0 Å². The number of unbranched alkanes of at least 4 members (excludes halogenated alkanes) is 24. The Bertz CT molecular complexity index is 369. The van der Waals surface area contributed by atoms with Crippen LogP contribution in [0, 0.1) is 0 Å². The van der Waals surface area contributed by atoms with Crippen molar-refractivity contribution in [2.24, 2.45) is 0 Å². The summed E-state index contributed by atoms with van der Waals surface area (Å²) in [6.45, 7) is 9.38. The van der Waals surface area contributed by atoms with Crippen LogP contribution < -0.4 is 17.0 Å². The summed E-state index contributed by atoms with van der Waals surface area (Å²) in [7, 11) is -0.737. The first-order valence-electron chi connectivity index (χ1n) is 18.1. The van der Waals surface area contributed by atoms with E-state index in [4.69, 9.17) is 0 Å². The Kier molecular flexibility index (Phi) is 36.8. The van der Waals surface area contributed by atoms with Crippen molar-refractivity contribution >= 4 is 7.26 Å². The van der Waals surface area contributed by atoms with Gasteiger partial charge in [0.1, 0.15) is 0 Å². The van der Waals surface area contributed by atoms with Gasteiger partial charge in [-0.25, -0.2) is 0 Å². The molecule has 2 heteroatoms. The quantitative estimate of drug-likeness (QED) is 0.0519. The predicted octanol–water partition coefficient (Wildman–Crippen LogP) is 11.0. The first-order chi connectivity index (χ1) is 18.2. The molecule has 0 aromatic rings. The van der Waals surface area contributed by atoms with Crippen LogP contribution in [0.4, 0.5) is 0 Å². The van der Waals surface area contributed by atoms with Crippen LogP contribution in [-0.4, -0.2) is 24.6 Å². The predicted molar refractivity (Wildman–Crippen MR) is 178 cm³/mol. The molecular formula is C36H76BrP. The van der Waals surface area contributed by atoms with E-state index in [0.29, 0.717) is 0 Å². The zero-order valence-corrected chi connectivity index (χ0v) is 29.9. The number of hydrogen-bond donors (Lipinski definition) is 0. The van der Waals surface area contributed by atoms with Gasteiger partial charge >= 0.3 is 0 Å². The molecule has 0 aromatic heterocycles. The van der Waals surface area contributed by atoms with Gasteiger partial charge in [0.15, 0.2) is 0 Å². The highest BCUT2D eigenvalue weighted by Gasteiger charge is 2.34. The third-order valence-electron chi connectivity index (χ3n) is 8.94. The Morgan fingerprint density at radius 2 is 0.395 bits per heavy atom. The normalized spacial score (nSPS) is 11.7. The first-order valence-corrected chi connectivity index (χ1v) is 20.6. The Morgan fingerprint density at radius 3 is 0.579 bits per heavy atom. The monoisotopic (exact) mass is 618 g/mol. The fourth-order valence-electron chi connectivity index (χ4n) is 6.29. The van der Waals surface area contributed by atoms with E-state index in [1.807, 2.05) is 0 Å². The van der Waals surface area contributed by atoms with E-state index in [1.165, 1.54) is 154 Å². The molecule has 0 aromatic carbocycles. The van der Waals surface area contributed by atoms with Crippen molar-refractivity contribution in [3.63, 3.8) is 0 Å². The second kappa shape index (κ2) is 34.1. The van der Waals surface area contributed by atoms with E-state index >= 15 is 0 Å². The summed E-state index contributed by atoms with van der Waals surface area (Å²) >= 11 is 0. The minimum Gasteiger partial charge on any atom is -1.00 e. The van der Waals surface area contributed by atoms with E-state index < -0.39 is 7.26 Å². The molecule has 0 spiro atoms. The van der Waals surface area contributed by atoms with Crippen LogP contribution in [0.3, 0.4) is 0 Å². The van der Waals surface area contributed by atoms with Gasteiger partial charge in [0, 0.05) is 7.26 Å². The zero-order chi connectivity index (χ0) is 27.1. The van der Waals surface area contributed by atoms with Gasteiger partial charge in [-0.2, -0.15) is 0 Å². The molecule has 0 aliphatic carbocycles. The maximum Gasteiger partial charge on any atom is 0.0594 e. The van der Waals surface area contributed by atoms with Crippen LogP contribution in [0.25, 0.3) is 0 Å². The van der Waals surface area contributed by atoms with Crippen LogP contribution in [0.1, 0.15) is 207 Å². The van der Waals surface area contributed by atoms with Gasteiger partial charge in [-0.1, -0.05) is 156 Å². The average molecular weight is 620 g/mol. The molecule has 0 saturated carbocycles. The SMILES string of the molecule is CCCCCCCCCCCC[P+](CCCCCCCC)(CCCCCCCC)CCCCCCCC.[Br-]. The lowest BCUT2D eigenvalue weighted by atomic mass is 10.1. The average Bonchev–Trinajstić information content (AvgIpc) is 2.91. The molecule has 0 aliphatic rings. The highest BCUT2D eigenvalue weighted by Crippen LogP contribution is 2.61. The third kappa shape index (κ3) is 28.4. The van der Waals surface area contributed by atoms with Crippen molar-refractivity contribution in [1.82, 2.24) is 0 Å². The fourth-order valence-corrected chi connectivity index (χ4v) is 11.2. The lowest BCUT2D eigenvalue weighted by molar-refractivity contribution is -0.00000843. The molecular weight excluding hydrogens is 543 g/mol. The van der Waals surface area contributed by atoms with E-state index in [-0.39, 0.29) is 17.0 Å². The van der Waals surface area contributed by atoms with E-state index in [9.17, 15) is 0 Å². The Labute approximate surface area is 255 Å². The van der Waals surface area contributed by atoms with Gasteiger partial charge in [0.2, 0.25) is 0 Å². The molecule has 0 saturated heterocycles. The lowest BCUT2D eigenvalue weighted by Crippen LogP contribution is -3.00. The van der Waals surface area contributed by atoms with E-state index in [1.54, 1.807) is 50.3 Å². The summed E-state index contributed by atoms with van der Waals surface area (Å²) in [5.74, 6) is 0. The number of rotatable bonds is 32. The third-order valence-corrected chi connectivity index (χ3v) is 14.0. The molecule has 0 aliphatic heterocycles. The minimum absolute atomic E-state index is 0. The van der Waals surface area contributed by atoms with E-state index in [0.717, 1.165) is 0 Å². The number of halogens is 1. The van der Waals surface area contributed by atoms with Crippen LogP contribution in [0.5, 0.6) is 0 Å². The topological polar surface area (TPSA) is 0 Å². The summed E-state index contributed by atoms with van der Waals surface area (Å²) in [6, 6.07) is 0. The van der Waals surface area contributed by atoms with Crippen LogP contribution in [0.2, 0.25) is 0 Å². The summed E-state index contributed by atoms with van der Waals surface area (Å²) < 4.78 is 0. The molecule has 0 N–H and O–H groups in total. The second-order valence-corrected chi connectivity index (χ2v) is 17.2. The first kappa shape index (κ1) is 41.0.